The summed E-state index contributed by atoms with van der Waals surface area (Å²) < 4.78 is 0. The number of unbranched alkanes of at least 4 members (excludes halogenated alkanes) is 1. The van der Waals surface area contributed by atoms with E-state index in [1.54, 1.807) is 30.3 Å². The largest absolute Gasteiger partial charge is 0.481 e. The molecule has 0 bridgehead atoms. The van der Waals surface area contributed by atoms with Gasteiger partial charge < -0.3 is 111 Å². The summed E-state index contributed by atoms with van der Waals surface area (Å²) in [6, 6.07) is -2.02. The van der Waals surface area contributed by atoms with Gasteiger partial charge in [-0.15, -0.1) is 0 Å². The number of nitrogens with one attached hydrogen (secondary N) is 14. The Bertz CT molecular complexity index is 3060. The predicted octanol–water partition coefficient (Wildman–Crippen LogP) is -7.19. The zero-order valence-corrected chi connectivity index (χ0v) is 62.2. The highest BCUT2D eigenvalue weighted by Crippen LogP contribution is 2.26. The molecular weight excluding hydrogens is 1450 g/mol. The van der Waals surface area contributed by atoms with Crippen molar-refractivity contribution in [2.24, 2.45) is 26.8 Å². The van der Waals surface area contributed by atoms with E-state index in [4.69, 9.17) is 16.6 Å². The number of nitrogens with zero attached hydrogens (tertiary/aromatic N) is 4. The summed E-state index contributed by atoms with van der Waals surface area (Å²) in [7, 11) is 2.12. The second-order valence-electron chi connectivity index (χ2n) is 26.5. The van der Waals surface area contributed by atoms with Crippen LogP contribution in [0.1, 0.15) is 97.5 Å². The van der Waals surface area contributed by atoms with Crippen molar-refractivity contribution in [2.75, 3.05) is 88.5 Å². The van der Waals surface area contributed by atoms with Crippen molar-refractivity contribution in [1.82, 2.24) is 79.3 Å². The first-order chi connectivity index (χ1) is 50.2. The first-order valence-corrected chi connectivity index (χ1v) is 38.3. The first-order valence-electron chi connectivity index (χ1n) is 34.6. The minimum atomic E-state index is -1.83. The maximum atomic E-state index is 14.0. The second kappa shape index (κ2) is 47.5. The average Bonchev–Trinajstić information content (AvgIpc) is 0.965. The van der Waals surface area contributed by atoms with E-state index in [2.05, 4.69) is 94.6 Å². The van der Waals surface area contributed by atoms with E-state index in [0.717, 1.165) is 33.3 Å². The summed E-state index contributed by atoms with van der Waals surface area (Å²) >= 11 is 1.01. The molecule has 3 aliphatic heterocycles. The molecule has 106 heavy (non-hydrogen) atoms. The molecule has 3 saturated heterocycles. The summed E-state index contributed by atoms with van der Waals surface area (Å²) in [6.45, 7) is 8.98. The molecule has 13 atom stereocenters. The lowest BCUT2D eigenvalue weighted by Gasteiger charge is -2.35. The van der Waals surface area contributed by atoms with Crippen LogP contribution in [0.4, 0.5) is 0 Å². The van der Waals surface area contributed by atoms with Crippen molar-refractivity contribution in [3.63, 3.8) is 0 Å². The number of carboxylic acid groups (broad SMARTS) is 3. The number of aliphatic imine (C=N–C) groups is 1. The van der Waals surface area contributed by atoms with Crippen LogP contribution in [0.2, 0.25) is 0 Å². The highest BCUT2D eigenvalue weighted by atomic mass is 33.1. The fourth-order valence-corrected chi connectivity index (χ4v) is 14.6. The van der Waals surface area contributed by atoms with Gasteiger partial charge in [-0.05, 0) is 71.8 Å². The molecule has 3 heterocycles. The Labute approximate surface area is 625 Å². The number of hydrogen-bond donors (Lipinski definition) is 26. The number of aliphatic hydroxyl groups excluding tert-OH is 5. The van der Waals surface area contributed by atoms with Gasteiger partial charge in [-0.25, -0.2) is 0 Å². The number of rotatable bonds is 33. The van der Waals surface area contributed by atoms with E-state index in [-0.39, 0.29) is 98.8 Å². The van der Waals surface area contributed by atoms with Gasteiger partial charge in [0.05, 0.1) is 78.1 Å². The van der Waals surface area contributed by atoms with Crippen LogP contribution in [-0.2, 0) is 54.4 Å². The number of aliphatic hydroxyl groups is 5. The van der Waals surface area contributed by atoms with Crippen LogP contribution in [0.5, 0.6) is 0 Å². The topological polar surface area (TPSA) is 634 Å². The predicted molar refractivity (Wildman–Crippen MR) is 394 cm³/mol. The van der Waals surface area contributed by atoms with Gasteiger partial charge in [0.15, 0.2) is 5.96 Å². The standard InChI is InChI=1S/C63H108N20O20S3/c1-62(2)44(81-102)28-45(82-103)63(3,4)72-21-24-83(23-20-71-62)22-19-67-47(85)16-15-46(84)66-17-9-8-13-37-55(96)77-40(27-51(90)91)58(99)78-41(31-104-34-49(87)73-37)59(100)75-36(14-10-18-68-61(64)65)53(94)69-29-48(86)74-39(26-50(88)89)57(98)80-43-33-106-105-32-42(54(95)70-30-52(92)93)79-56(97)38(76-60(43)101)25-35-11-6-5-7-12-35/h5-7,11-12,36-43,49,55-56,59-60,71-73,75-77,79,87,96-97,100-103H,8-10,13-34H2,1-4H3,(H,66,84)(H,67,85)(H,69,94)(H,70,95)(H,74,86)(H,78,99)(H,80,98)(H,88,89)(H,90,91)(H,92,93)(H4,64,65,68)/b81-44-,82-45-/t36-,37+,38-,39-,40-,41-,42-,43-,49-,55+,56-,59+,60?/m0/s1. The molecule has 0 radical (unpaired) electrons. The Morgan fingerprint density at radius 2 is 1.31 bits per heavy atom. The van der Waals surface area contributed by atoms with Gasteiger partial charge in [-0.3, -0.25) is 84.4 Å². The molecule has 0 aliphatic carbocycles. The highest BCUT2D eigenvalue weighted by molar-refractivity contribution is 8.76. The molecule has 1 aromatic rings. The Hall–Kier alpha value is -7.34. The van der Waals surface area contributed by atoms with Crippen molar-refractivity contribution in [3.05, 3.63) is 35.9 Å². The molecule has 28 N–H and O–H groups in total. The van der Waals surface area contributed by atoms with Gasteiger partial charge in [-0.1, -0.05) is 62.2 Å². The van der Waals surface area contributed by atoms with E-state index in [9.17, 15) is 94.1 Å². The van der Waals surface area contributed by atoms with Gasteiger partial charge in [-0.2, -0.15) is 11.8 Å². The quantitative estimate of drug-likeness (QED) is 0.00591. The van der Waals surface area contributed by atoms with Crippen molar-refractivity contribution in [2.45, 2.75) is 189 Å². The molecular formula is C63H108N20O20S3. The SMILES string of the molecule is CC1(C)NCCN(CCNC(=O)CCC(=O)NCCCC[C@H]2N[C@@H](O)CSC[C@@H]([C@@H](O)N[C@@H](CCCN=C(N)N)C(=O)NCC(=O)N[C@@H](CC(=O)O)C(=O)N[C@H]3CSSC[C@@H](C(=O)NCC(=O)O)N[C@@H](O)[C@H](Cc4ccccc4)NC3O)NC(=O)[C@H](CC(=O)O)N[C@@H]2O)CCNC(C)(C)/C(=N\O)C/C1=N/O. The van der Waals surface area contributed by atoms with Crippen molar-refractivity contribution in [1.29, 1.82) is 0 Å². The van der Waals surface area contributed by atoms with Crippen molar-refractivity contribution < 1.29 is 99.2 Å². The number of benzene rings is 1. The number of nitrogens with two attached hydrogens (primary N) is 2. The summed E-state index contributed by atoms with van der Waals surface area (Å²) in [5.74, 6) is -10.6. The average molecular weight is 1560 g/mol. The number of hydrogen-bond acceptors (Lipinski definition) is 31. The summed E-state index contributed by atoms with van der Waals surface area (Å²) in [6.07, 6.45) is -9.16. The fourth-order valence-electron chi connectivity index (χ4n) is 11.2. The van der Waals surface area contributed by atoms with Crippen LogP contribution >= 0.6 is 33.3 Å². The summed E-state index contributed by atoms with van der Waals surface area (Å²) in [4.78, 5) is 136. The van der Waals surface area contributed by atoms with Crippen LogP contribution in [-0.4, -0.2) is 312 Å². The number of carbonyl (C=O) groups excluding carboxylic acids is 7. The van der Waals surface area contributed by atoms with E-state index >= 15 is 0 Å². The summed E-state index contributed by atoms with van der Waals surface area (Å²) in [5, 5.41) is 151. The van der Waals surface area contributed by atoms with Crippen LogP contribution < -0.4 is 85.9 Å². The molecule has 598 valence electrons. The van der Waals surface area contributed by atoms with Gasteiger partial charge in [0.2, 0.25) is 41.4 Å². The molecule has 1 aromatic carbocycles. The molecule has 43 heteroatoms. The normalized spacial score (nSPS) is 25.5. The zero-order chi connectivity index (χ0) is 78.5. The number of carboxylic acids is 3. The second-order valence-corrected chi connectivity index (χ2v) is 30.2. The van der Waals surface area contributed by atoms with Crippen LogP contribution in [0.15, 0.2) is 45.6 Å². The molecule has 0 aromatic heterocycles. The van der Waals surface area contributed by atoms with Crippen molar-refractivity contribution in [3.8, 4) is 0 Å². The van der Waals surface area contributed by atoms with E-state index in [1.165, 1.54) is 0 Å². The summed E-state index contributed by atoms with van der Waals surface area (Å²) in [5.41, 5.74) is 11.0. The third-order valence-electron chi connectivity index (χ3n) is 17.3. The van der Waals surface area contributed by atoms with Crippen LogP contribution in [0.25, 0.3) is 0 Å². The minimum Gasteiger partial charge on any atom is -0.481 e. The van der Waals surface area contributed by atoms with Gasteiger partial charge in [0.1, 0.15) is 43.7 Å². The van der Waals surface area contributed by atoms with E-state index in [1.807, 2.05) is 27.7 Å². The lowest BCUT2D eigenvalue weighted by molar-refractivity contribution is -0.141. The van der Waals surface area contributed by atoms with Crippen molar-refractivity contribution >= 4 is 110 Å². The third-order valence-corrected chi connectivity index (χ3v) is 20.9. The monoisotopic (exact) mass is 1560 g/mol. The maximum Gasteiger partial charge on any atom is 0.322 e. The Morgan fingerprint density at radius 3 is 1.92 bits per heavy atom. The molecule has 4 rings (SSSR count). The van der Waals surface area contributed by atoms with Crippen LogP contribution in [0.3, 0.4) is 0 Å². The third kappa shape index (κ3) is 34.7. The number of carbonyl (C=O) groups is 10. The number of oxime groups is 2. The molecule has 3 fully saturated rings. The number of amides is 7. The van der Waals surface area contributed by atoms with Gasteiger partial charge in [0.25, 0.3) is 0 Å². The molecule has 7 amide bonds. The first kappa shape index (κ1) is 91.0. The van der Waals surface area contributed by atoms with Crippen LogP contribution in [0, 0.1) is 0 Å². The Morgan fingerprint density at radius 1 is 0.679 bits per heavy atom. The fraction of sp³-hybridized carbons (Fsp3) is 0.698. The van der Waals surface area contributed by atoms with Gasteiger partial charge in [0, 0.05) is 101 Å². The lowest BCUT2D eigenvalue weighted by Crippen LogP contribution is -2.62. The molecule has 1 unspecified atom stereocenters. The Balaban J connectivity index is 1.34. The van der Waals surface area contributed by atoms with E-state index < -0.39 is 164 Å². The number of thioether (sulfide) groups is 1. The van der Waals surface area contributed by atoms with Gasteiger partial charge >= 0.3 is 17.9 Å². The Kier molecular flexibility index (Phi) is 40.8. The smallest absolute Gasteiger partial charge is 0.322 e. The molecule has 0 saturated carbocycles. The lowest BCUT2D eigenvalue weighted by atomic mass is 9.87. The number of aliphatic carboxylic acids is 3. The zero-order valence-electron chi connectivity index (χ0n) is 59.8. The molecule has 40 nitrogen and oxygen atoms in total. The molecule has 3 aliphatic rings. The number of guanidine groups is 1. The van der Waals surface area contributed by atoms with E-state index in [0.29, 0.717) is 69.1 Å². The highest BCUT2D eigenvalue weighted by Gasteiger charge is 2.38. The minimum absolute atomic E-state index is 0.0293. The maximum absolute atomic E-state index is 14.0. The molecule has 0 spiro atoms.